The maximum atomic E-state index is 10.6. The van der Waals surface area contributed by atoms with E-state index in [0.29, 0.717) is 17.4 Å². The lowest BCUT2D eigenvalue weighted by Crippen LogP contribution is -2.16. The van der Waals surface area contributed by atoms with E-state index in [2.05, 4.69) is 25.7 Å². The van der Waals surface area contributed by atoms with Crippen LogP contribution in [0.25, 0.3) is 0 Å². The van der Waals surface area contributed by atoms with Gasteiger partial charge in [-0.2, -0.15) is 0 Å². The van der Waals surface area contributed by atoms with Gasteiger partial charge in [-0.1, -0.05) is 0 Å². The number of thioether (sulfide) groups is 1. The van der Waals surface area contributed by atoms with Gasteiger partial charge < -0.3 is 4.74 Å². The van der Waals surface area contributed by atoms with Gasteiger partial charge in [-0.3, -0.25) is 10.1 Å². The van der Waals surface area contributed by atoms with Crippen molar-refractivity contribution in [2.75, 3.05) is 13.7 Å². The highest BCUT2D eigenvalue weighted by molar-refractivity contribution is 8.02. The molecule has 9 nitrogen and oxygen atoms in total. The highest BCUT2D eigenvalue weighted by atomic mass is 32.2. The van der Waals surface area contributed by atoms with Crippen LogP contribution >= 0.6 is 23.1 Å². The molecule has 0 N–H and O–H groups in total. The SMILES string of the molecule is COCCCC1(Sc2ncc([N+](=O)[O-])s2)N=NN=N1. The third-order valence-corrected chi connectivity index (χ3v) is 4.41. The lowest BCUT2D eigenvalue weighted by atomic mass is 10.3. The Labute approximate surface area is 116 Å². The minimum Gasteiger partial charge on any atom is -0.385 e. The van der Waals surface area contributed by atoms with Gasteiger partial charge in [0, 0.05) is 20.1 Å². The van der Waals surface area contributed by atoms with Gasteiger partial charge in [0.25, 0.3) is 0 Å². The smallest absolute Gasteiger partial charge is 0.344 e. The lowest BCUT2D eigenvalue weighted by Gasteiger charge is -2.16. The van der Waals surface area contributed by atoms with E-state index in [9.17, 15) is 10.1 Å². The Morgan fingerprint density at radius 1 is 1.53 bits per heavy atom. The molecule has 0 aliphatic carbocycles. The number of hydrogen-bond donors (Lipinski definition) is 0. The third kappa shape index (κ3) is 3.52. The molecule has 0 radical (unpaired) electrons. The molecule has 0 unspecified atom stereocenters. The highest BCUT2D eigenvalue weighted by Crippen LogP contribution is 2.44. The van der Waals surface area contributed by atoms with Crippen molar-refractivity contribution in [3.05, 3.63) is 16.3 Å². The molecule has 0 bridgehead atoms. The highest BCUT2D eigenvalue weighted by Gasteiger charge is 2.36. The largest absolute Gasteiger partial charge is 0.385 e. The number of methoxy groups -OCH3 is 1. The first-order chi connectivity index (χ1) is 9.15. The molecule has 11 heteroatoms. The molecule has 0 aromatic carbocycles. The van der Waals surface area contributed by atoms with Crippen LogP contribution < -0.4 is 0 Å². The molecular weight excluding hydrogens is 292 g/mol. The van der Waals surface area contributed by atoms with Gasteiger partial charge >= 0.3 is 5.00 Å². The Hall–Kier alpha value is -1.46. The molecule has 1 aromatic heterocycles. The molecule has 19 heavy (non-hydrogen) atoms. The van der Waals surface area contributed by atoms with Crippen molar-refractivity contribution in [3.8, 4) is 0 Å². The van der Waals surface area contributed by atoms with E-state index < -0.39 is 9.92 Å². The quantitative estimate of drug-likeness (QED) is 0.436. The molecule has 0 fully saturated rings. The van der Waals surface area contributed by atoms with Gasteiger partial charge in [-0.05, 0) is 40.0 Å². The summed E-state index contributed by atoms with van der Waals surface area (Å²) in [6, 6.07) is 0. The zero-order chi connectivity index (χ0) is 13.7. The van der Waals surface area contributed by atoms with Crippen LogP contribution in [0.5, 0.6) is 0 Å². The Balaban J connectivity index is 2.06. The van der Waals surface area contributed by atoms with Gasteiger partial charge in [0.05, 0.1) is 4.92 Å². The van der Waals surface area contributed by atoms with Crippen LogP contribution in [-0.4, -0.2) is 28.6 Å². The molecule has 0 saturated carbocycles. The number of hydrogen-bond acceptors (Lipinski definition) is 10. The maximum Gasteiger partial charge on any atom is 0.344 e. The van der Waals surface area contributed by atoms with Gasteiger partial charge in [0.15, 0.2) is 4.34 Å². The van der Waals surface area contributed by atoms with E-state index in [0.717, 1.165) is 17.8 Å². The van der Waals surface area contributed by atoms with E-state index in [-0.39, 0.29) is 5.00 Å². The fourth-order valence-electron chi connectivity index (χ4n) is 1.36. The summed E-state index contributed by atoms with van der Waals surface area (Å²) in [5, 5.41) is 25.6. The van der Waals surface area contributed by atoms with Gasteiger partial charge in [0.1, 0.15) is 6.20 Å². The van der Waals surface area contributed by atoms with Crippen molar-refractivity contribution in [1.29, 1.82) is 0 Å². The zero-order valence-electron chi connectivity index (χ0n) is 9.92. The summed E-state index contributed by atoms with van der Waals surface area (Å²) in [5.41, 5.74) is 0. The lowest BCUT2D eigenvalue weighted by molar-refractivity contribution is -0.380. The Kier molecular flexibility index (Phi) is 4.50. The molecule has 0 amide bonds. The van der Waals surface area contributed by atoms with Crippen LogP contribution in [-0.2, 0) is 4.74 Å². The molecule has 0 atom stereocenters. The number of aromatic nitrogens is 1. The Bertz CT molecular complexity index is 504. The average molecular weight is 302 g/mol. The van der Waals surface area contributed by atoms with E-state index in [4.69, 9.17) is 4.74 Å². The second-order valence-electron chi connectivity index (χ2n) is 3.54. The summed E-state index contributed by atoms with van der Waals surface area (Å²) >= 11 is 2.20. The first-order valence-electron chi connectivity index (χ1n) is 5.27. The predicted octanol–water partition coefficient (Wildman–Crippen LogP) is 3.06. The first-order valence-corrected chi connectivity index (χ1v) is 6.91. The van der Waals surface area contributed by atoms with E-state index in [1.807, 2.05) is 0 Å². The Morgan fingerprint density at radius 2 is 2.26 bits per heavy atom. The van der Waals surface area contributed by atoms with Gasteiger partial charge in [-0.15, -0.1) is 10.2 Å². The first kappa shape index (κ1) is 14.0. The summed E-state index contributed by atoms with van der Waals surface area (Å²) in [5.74, 6) is 0. The fourth-order valence-corrected chi connectivity index (χ4v) is 3.43. The van der Waals surface area contributed by atoms with Crippen LogP contribution in [0.15, 0.2) is 31.2 Å². The number of nitro groups is 1. The third-order valence-electron chi connectivity index (χ3n) is 2.20. The number of ether oxygens (including phenoxy) is 1. The topological polar surface area (TPSA) is 115 Å². The summed E-state index contributed by atoms with van der Waals surface area (Å²) in [7, 11) is 1.61. The molecule has 2 heterocycles. The molecule has 1 aromatic rings. The molecule has 1 aliphatic heterocycles. The normalized spacial score (nSPS) is 16.1. The zero-order valence-corrected chi connectivity index (χ0v) is 11.6. The van der Waals surface area contributed by atoms with Gasteiger partial charge in [-0.25, -0.2) is 4.98 Å². The summed E-state index contributed by atoms with van der Waals surface area (Å²) in [6.07, 6.45) is 2.53. The molecule has 2 rings (SSSR count). The van der Waals surface area contributed by atoms with E-state index >= 15 is 0 Å². The molecule has 0 spiro atoms. The predicted molar refractivity (Wildman–Crippen MR) is 68.2 cm³/mol. The molecule has 1 aliphatic rings. The minimum atomic E-state index is -0.871. The molecular formula is C8H10N6O3S2. The monoisotopic (exact) mass is 302 g/mol. The summed E-state index contributed by atoms with van der Waals surface area (Å²) in [6.45, 7) is 0.575. The van der Waals surface area contributed by atoms with Crippen LogP contribution in [0.4, 0.5) is 5.00 Å². The number of nitrogens with zero attached hydrogens (tertiary/aromatic N) is 6. The van der Waals surface area contributed by atoms with Crippen molar-refractivity contribution in [1.82, 2.24) is 4.98 Å². The maximum absolute atomic E-state index is 10.6. The van der Waals surface area contributed by atoms with E-state index in [1.54, 1.807) is 7.11 Å². The molecule has 102 valence electrons. The van der Waals surface area contributed by atoms with Crippen LogP contribution in [0, 0.1) is 10.1 Å². The van der Waals surface area contributed by atoms with Crippen molar-refractivity contribution in [2.45, 2.75) is 22.2 Å². The molecule has 0 saturated heterocycles. The summed E-state index contributed by atoms with van der Waals surface area (Å²) in [4.78, 5) is 13.2. The van der Waals surface area contributed by atoms with Crippen LogP contribution in [0.1, 0.15) is 12.8 Å². The minimum absolute atomic E-state index is 0.0126. The van der Waals surface area contributed by atoms with E-state index in [1.165, 1.54) is 18.0 Å². The van der Waals surface area contributed by atoms with Crippen LogP contribution in [0.2, 0.25) is 0 Å². The van der Waals surface area contributed by atoms with Crippen molar-refractivity contribution in [2.24, 2.45) is 20.7 Å². The second kappa shape index (κ2) is 6.12. The van der Waals surface area contributed by atoms with Crippen LogP contribution in [0.3, 0.4) is 0 Å². The second-order valence-corrected chi connectivity index (χ2v) is 6.05. The van der Waals surface area contributed by atoms with Crippen molar-refractivity contribution < 1.29 is 9.66 Å². The van der Waals surface area contributed by atoms with Crippen molar-refractivity contribution >= 4 is 28.1 Å². The number of rotatable bonds is 7. The number of thiazole rings is 1. The average Bonchev–Trinajstić information content (AvgIpc) is 3.00. The summed E-state index contributed by atoms with van der Waals surface area (Å²) < 4.78 is 5.49. The fraction of sp³-hybridized carbons (Fsp3) is 0.625. The Morgan fingerprint density at radius 3 is 2.84 bits per heavy atom. The van der Waals surface area contributed by atoms with Gasteiger partial charge in [0.2, 0.25) is 4.99 Å². The standard InChI is InChI=1S/C8H10N6O3S2/c1-17-4-2-3-8(10-12-13-11-8)19-7-9-5-6(18-7)14(15)16/h5H,2-4H2,1H3. The van der Waals surface area contributed by atoms with Crippen molar-refractivity contribution in [3.63, 3.8) is 0 Å².